The van der Waals surface area contributed by atoms with Crippen LogP contribution in [0.3, 0.4) is 0 Å². The van der Waals surface area contributed by atoms with Crippen LogP contribution in [0.5, 0.6) is 0 Å². The summed E-state index contributed by atoms with van der Waals surface area (Å²) < 4.78 is 5.47. The van der Waals surface area contributed by atoms with E-state index in [-0.39, 0.29) is 17.8 Å². The van der Waals surface area contributed by atoms with Crippen molar-refractivity contribution in [3.8, 4) is 0 Å². The van der Waals surface area contributed by atoms with Gasteiger partial charge in [-0.15, -0.1) is 0 Å². The van der Waals surface area contributed by atoms with E-state index in [4.69, 9.17) is 15.7 Å². The van der Waals surface area contributed by atoms with E-state index in [1.807, 2.05) is 6.92 Å². The number of nitrogens with two attached hydrogens (primary N) is 1. The van der Waals surface area contributed by atoms with Gasteiger partial charge in [0, 0.05) is 13.0 Å². The quantitative estimate of drug-likeness (QED) is 0.276. The summed E-state index contributed by atoms with van der Waals surface area (Å²) in [7, 11) is 0. The third kappa shape index (κ3) is 3.83. The molecule has 19 heavy (non-hydrogen) atoms. The third-order valence-corrected chi connectivity index (χ3v) is 3.91. The molecule has 2 rings (SSSR count). The molecule has 1 amide bonds. The highest BCUT2D eigenvalue weighted by Gasteiger charge is 2.37. The lowest BCUT2D eigenvalue weighted by Gasteiger charge is -2.34. The van der Waals surface area contributed by atoms with Crippen LogP contribution in [0, 0.1) is 11.8 Å². The van der Waals surface area contributed by atoms with Crippen molar-refractivity contribution in [3.63, 3.8) is 0 Å². The Bertz CT molecular complexity index is 349. The Morgan fingerprint density at radius 2 is 2.21 bits per heavy atom. The topological polar surface area (TPSA) is 96.9 Å². The second-order valence-corrected chi connectivity index (χ2v) is 5.53. The molecular formula is C13H23N3O3. The second kappa shape index (κ2) is 6.23. The first-order valence-corrected chi connectivity index (χ1v) is 7.02. The maximum absolute atomic E-state index is 11.9. The number of carbonyl (C=O) groups is 1. The van der Waals surface area contributed by atoms with Crippen LogP contribution in [0.15, 0.2) is 5.16 Å². The van der Waals surface area contributed by atoms with Crippen molar-refractivity contribution >= 4 is 11.7 Å². The van der Waals surface area contributed by atoms with Gasteiger partial charge in [0.1, 0.15) is 0 Å². The summed E-state index contributed by atoms with van der Waals surface area (Å²) in [5.74, 6) is 0.834. The Morgan fingerprint density at radius 3 is 2.74 bits per heavy atom. The normalized spacial score (nSPS) is 28.6. The number of amidine groups is 1. The maximum atomic E-state index is 11.9. The third-order valence-electron chi connectivity index (χ3n) is 3.91. The minimum Gasteiger partial charge on any atom is -0.409 e. The molecule has 0 aromatic rings. The molecule has 2 fully saturated rings. The van der Waals surface area contributed by atoms with Crippen LogP contribution in [-0.2, 0) is 9.53 Å². The van der Waals surface area contributed by atoms with E-state index in [0.29, 0.717) is 24.4 Å². The average molecular weight is 269 g/mol. The summed E-state index contributed by atoms with van der Waals surface area (Å²) in [6.07, 6.45) is 4.79. The first-order valence-electron chi connectivity index (χ1n) is 7.02. The predicted molar refractivity (Wildman–Crippen MR) is 70.8 cm³/mol. The molecular weight excluding hydrogens is 246 g/mol. The van der Waals surface area contributed by atoms with Gasteiger partial charge < -0.3 is 21.0 Å². The van der Waals surface area contributed by atoms with Gasteiger partial charge in [0.25, 0.3) is 0 Å². The highest BCUT2D eigenvalue weighted by atomic mass is 16.5. The van der Waals surface area contributed by atoms with Gasteiger partial charge in [-0.05, 0) is 44.4 Å². The zero-order valence-electron chi connectivity index (χ0n) is 11.3. The molecule has 0 aliphatic heterocycles. The fourth-order valence-corrected chi connectivity index (χ4v) is 2.63. The maximum Gasteiger partial charge on any atom is 0.220 e. The first-order chi connectivity index (χ1) is 9.13. The number of hydrogen-bond donors (Lipinski definition) is 3. The van der Waals surface area contributed by atoms with Crippen molar-refractivity contribution in [2.75, 3.05) is 6.61 Å². The molecule has 0 radical (unpaired) electrons. The largest absolute Gasteiger partial charge is 0.409 e. The Kier molecular flexibility index (Phi) is 4.63. The van der Waals surface area contributed by atoms with E-state index < -0.39 is 0 Å². The standard InChI is InChI=1S/C13H23N3O3/c1-2-19-10-5-8(6-10)7-11(17)15-12(9-3-4-9)13(14)16-18/h8-10,12,18H,2-7H2,1H3,(H2,14,16)(H,15,17). The van der Waals surface area contributed by atoms with Gasteiger partial charge in [-0.2, -0.15) is 0 Å². The highest BCUT2D eigenvalue weighted by Crippen LogP contribution is 2.34. The molecule has 0 spiro atoms. The smallest absolute Gasteiger partial charge is 0.220 e. The molecule has 108 valence electrons. The van der Waals surface area contributed by atoms with Crippen LogP contribution in [0.2, 0.25) is 0 Å². The van der Waals surface area contributed by atoms with Crippen LogP contribution in [0.4, 0.5) is 0 Å². The second-order valence-electron chi connectivity index (χ2n) is 5.53. The van der Waals surface area contributed by atoms with E-state index >= 15 is 0 Å². The molecule has 1 atom stereocenters. The molecule has 2 aliphatic rings. The van der Waals surface area contributed by atoms with E-state index in [2.05, 4.69) is 10.5 Å². The minimum absolute atomic E-state index is 0.0107. The Morgan fingerprint density at radius 1 is 1.53 bits per heavy atom. The van der Waals surface area contributed by atoms with Gasteiger partial charge in [0.05, 0.1) is 12.1 Å². The average Bonchev–Trinajstić information content (AvgIpc) is 3.16. The number of rotatable bonds is 7. The van der Waals surface area contributed by atoms with Gasteiger partial charge >= 0.3 is 0 Å². The van der Waals surface area contributed by atoms with Crippen molar-refractivity contribution in [2.45, 2.75) is 51.2 Å². The number of ether oxygens (including phenoxy) is 1. The molecule has 1 unspecified atom stereocenters. The van der Waals surface area contributed by atoms with Crippen molar-refractivity contribution in [1.82, 2.24) is 5.32 Å². The Balaban J connectivity index is 1.72. The zero-order chi connectivity index (χ0) is 13.8. The fraction of sp³-hybridized carbons (Fsp3) is 0.846. The number of oxime groups is 1. The van der Waals surface area contributed by atoms with Gasteiger partial charge in [-0.3, -0.25) is 4.79 Å². The lowest BCUT2D eigenvalue weighted by atomic mass is 9.80. The summed E-state index contributed by atoms with van der Waals surface area (Å²) in [6, 6.07) is -0.305. The summed E-state index contributed by atoms with van der Waals surface area (Å²) >= 11 is 0. The molecule has 0 aromatic carbocycles. The van der Waals surface area contributed by atoms with Gasteiger partial charge in [-0.1, -0.05) is 5.16 Å². The van der Waals surface area contributed by atoms with E-state index in [1.165, 1.54) is 0 Å². The first kappa shape index (κ1) is 14.1. The van der Waals surface area contributed by atoms with Crippen LogP contribution >= 0.6 is 0 Å². The van der Waals surface area contributed by atoms with Crippen molar-refractivity contribution in [1.29, 1.82) is 0 Å². The molecule has 0 bridgehead atoms. The van der Waals surface area contributed by atoms with Crippen molar-refractivity contribution in [3.05, 3.63) is 0 Å². The number of nitrogens with one attached hydrogen (secondary N) is 1. The van der Waals surface area contributed by atoms with E-state index in [0.717, 1.165) is 32.3 Å². The summed E-state index contributed by atoms with van der Waals surface area (Å²) in [4.78, 5) is 11.9. The number of hydrogen-bond acceptors (Lipinski definition) is 4. The highest BCUT2D eigenvalue weighted by molar-refractivity contribution is 5.90. The van der Waals surface area contributed by atoms with Crippen LogP contribution in [-0.4, -0.2) is 35.7 Å². The Hall–Kier alpha value is -1.30. The van der Waals surface area contributed by atoms with Crippen LogP contribution < -0.4 is 11.1 Å². The molecule has 6 nitrogen and oxygen atoms in total. The molecule has 0 heterocycles. The molecule has 0 aromatic heterocycles. The van der Waals surface area contributed by atoms with Crippen LogP contribution in [0.25, 0.3) is 0 Å². The van der Waals surface area contributed by atoms with E-state index in [1.54, 1.807) is 0 Å². The lowest BCUT2D eigenvalue weighted by Crippen LogP contribution is -2.47. The Labute approximate surface area is 113 Å². The van der Waals surface area contributed by atoms with Crippen LogP contribution in [0.1, 0.15) is 39.0 Å². The number of amides is 1. The van der Waals surface area contributed by atoms with Gasteiger partial charge in [0.15, 0.2) is 5.84 Å². The van der Waals surface area contributed by atoms with E-state index in [9.17, 15) is 4.79 Å². The summed E-state index contributed by atoms with van der Waals surface area (Å²) in [5, 5.41) is 14.6. The fourth-order valence-electron chi connectivity index (χ4n) is 2.63. The predicted octanol–water partition coefficient (Wildman–Crippen LogP) is 0.833. The molecule has 2 aliphatic carbocycles. The monoisotopic (exact) mass is 269 g/mol. The van der Waals surface area contributed by atoms with Crippen molar-refractivity contribution in [2.24, 2.45) is 22.7 Å². The summed E-state index contributed by atoms with van der Waals surface area (Å²) in [5.41, 5.74) is 5.61. The number of carbonyl (C=O) groups excluding carboxylic acids is 1. The minimum atomic E-state index is -0.305. The van der Waals surface area contributed by atoms with Crippen molar-refractivity contribution < 1.29 is 14.7 Å². The SMILES string of the molecule is CCOC1CC(CC(=O)NC(C(N)=NO)C2CC2)C1. The van der Waals surface area contributed by atoms with Gasteiger partial charge in [0.2, 0.25) is 5.91 Å². The molecule has 6 heteroatoms. The molecule has 2 saturated carbocycles. The summed E-state index contributed by atoms with van der Waals surface area (Å²) in [6.45, 7) is 2.72. The molecule has 4 N–H and O–H groups in total. The zero-order valence-corrected chi connectivity index (χ0v) is 11.3. The number of nitrogens with zero attached hydrogens (tertiary/aromatic N) is 1. The lowest BCUT2D eigenvalue weighted by molar-refractivity contribution is -0.124. The van der Waals surface area contributed by atoms with Gasteiger partial charge in [-0.25, -0.2) is 0 Å². The molecule has 0 saturated heterocycles.